The predicted octanol–water partition coefficient (Wildman–Crippen LogP) is 7.10. The van der Waals surface area contributed by atoms with Gasteiger partial charge in [0.2, 0.25) is 5.72 Å². The van der Waals surface area contributed by atoms with Crippen LogP contribution in [0.5, 0.6) is 0 Å². The fourth-order valence-corrected chi connectivity index (χ4v) is 3.59. The van der Waals surface area contributed by atoms with E-state index < -0.39 is 5.72 Å². The molecule has 0 amide bonds. The van der Waals surface area contributed by atoms with Crippen LogP contribution in [0.4, 0.5) is 0 Å². The van der Waals surface area contributed by atoms with E-state index in [1.165, 1.54) is 77.0 Å². The maximum atomic E-state index is 12.5. The van der Waals surface area contributed by atoms with Gasteiger partial charge in [0.25, 0.3) is 0 Å². The number of carbonyl (C=O) groups excluding carboxylic acids is 2. The summed E-state index contributed by atoms with van der Waals surface area (Å²) in [6.07, 6.45) is 20.2. The lowest BCUT2D eigenvalue weighted by atomic mass is 10.0. The highest BCUT2D eigenvalue weighted by atomic mass is 16.6. The van der Waals surface area contributed by atoms with Crippen LogP contribution in [0.15, 0.2) is 0 Å². The molecule has 172 valence electrons. The molecule has 0 aliphatic heterocycles. The number of hydrogen-bond acceptors (Lipinski definition) is 4. The van der Waals surface area contributed by atoms with Gasteiger partial charge in [-0.05, 0) is 26.8 Å². The van der Waals surface area contributed by atoms with E-state index in [1.807, 2.05) is 0 Å². The van der Waals surface area contributed by atoms with Crippen molar-refractivity contribution in [1.29, 1.82) is 0 Å². The molecule has 0 saturated carbocycles. The molecule has 0 rings (SSSR count). The van der Waals surface area contributed by atoms with Gasteiger partial charge in [-0.1, -0.05) is 104 Å². The zero-order chi connectivity index (χ0) is 21.8. The number of unbranched alkanes of at least 4 members (excludes halogenated alkanes) is 14. The molecule has 4 heteroatoms. The lowest BCUT2D eigenvalue weighted by Gasteiger charge is -2.27. The highest BCUT2D eigenvalue weighted by Crippen LogP contribution is 2.17. The number of carbonyl (C=O) groups is 2. The van der Waals surface area contributed by atoms with Crippen LogP contribution in [0.2, 0.25) is 0 Å². The summed E-state index contributed by atoms with van der Waals surface area (Å²) in [5, 5.41) is 2.91. The fourth-order valence-electron chi connectivity index (χ4n) is 3.59. The Morgan fingerprint density at radius 3 is 1.45 bits per heavy atom. The maximum Gasteiger partial charge on any atom is 0.307 e. The Morgan fingerprint density at radius 1 is 0.655 bits per heavy atom. The molecule has 0 heterocycles. The van der Waals surface area contributed by atoms with E-state index in [0.717, 1.165) is 25.7 Å². The van der Waals surface area contributed by atoms with E-state index in [2.05, 4.69) is 19.2 Å². The Labute approximate surface area is 180 Å². The predicted molar refractivity (Wildman–Crippen MR) is 123 cm³/mol. The van der Waals surface area contributed by atoms with Crippen molar-refractivity contribution in [2.45, 2.75) is 142 Å². The van der Waals surface area contributed by atoms with Gasteiger partial charge in [-0.25, -0.2) is 0 Å². The number of hydrogen-bond donors (Lipinski definition) is 1. The van der Waals surface area contributed by atoms with Gasteiger partial charge in [0.1, 0.15) is 0 Å². The van der Waals surface area contributed by atoms with Crippen molar-refractivity contribution < 1.29 is 14.3 Å². The molecular weight excluding hydrogens is 362 g/mol. The van der Waals surface area contributed by atoms with Crippen LogP contribution >= 0.6 is 0 Å². The largest absolute Gasteiger partial charge is 0.437 e. The molecule has 0 saturated heterocycles. The molecule has 0 aromatic heterocycles. The normalized spacial score (nSPS) is 13.2. The molecule has 0 bridgehead atoms. The second kappa shape index (κ2) is 19.1. The molecule has 0 fully saturated rings. The van der Waals surface area contributed by atoms with Gasteiger partial charge < -0.3 is 4.74 Å². The van der Waals surface area contributed by atoms with Crippen molar-refractivity contribution in [2.24, 2.45) is 0 Å². The molecule has 0 aromatic carbocycles. The van der Waals surface area contributed by atoms with Gasteiger partial charge >= 0.3 is 5.97 Å². The summed E-state index contributed by atoms with van der Waals surface area (Å²) in [4.78, 5) is 24.7. The van der Waals surface area contributed by atoms with Crippen molar-refractivity contribution in [2.75, 3.05) is 7.05 Å². The molecule has 4 nitrogen and oxygen atoms in total. The molecule has 0 aromatic rings. The Hall–Kier alpha value is -0.900. The summed E-state index contributed by atoms with van der Waals surface area (Å²) < 4.78 is 5.52. The Bertz CT molecular complexity index is 411. The first-order valence-corrected chi connectivity index (χ1v) is 12.4. The van der Waals surface area contributed by atoms with Gasteiger partial charge in [-0.3, -0.25) is 14.9 Å². The third-order valence-electron chi connectivity index (χ3n) is 5.82. The first-order chi connectivity index (χ1) is 14.0. The number of ether oxygens (including phenoxy) is 1. The van der Waals surface area contributed by atoms with E-state index in [1.54, 1.807) is 14.0 Å². The highest BCUT2D eigenvalue weighted by molar-refractivity contribution is 5.88. The molecular formula is C25H49NO3. The van der Waals surface area contributed by atoms with Gasteiger partial charge in [0.15, 0.2) is 5.78 Å². The summed E-state index contributed by atoms with van der Waals surface area (Å²) in [6, 6.07) is 0. The quantitative estimate of drug-likeness (QED) is 0.124. The number of ketones is 1. The minimum atomic E-state index is -1.18. The van der Waals surface area contributed by atoms with Crippen LogP contribution in [0.25, 0.3) is 0 Å². The topological polar surface area (TPSA) is 55.4 Å². The van der Waals surface area contributed by atoms with E-state index in [-0.39, 0.29) is 11.8 Å². The van der Waals surface area contributed by atoms with Crippen LogP contribution in [0.3, 0.4) is 0 Å². The van der Waals surface area contributed by atoms with E-state index in [9.17, 15) is 9.59 Å². The van der Waals surface area contributed by atoms with Crippen LogP contribution in [-0.2, 0) is 14.3 Å². The molecule has 0 aliphatic rings. The molecule has 29 heavy (non-hydrogen) atoms. The zero-order valence-electron chi connectivity index (χ0n) is 20.0. The van der Waals surface area contributed by atoms with Crippen LogP contribution in [0.1, 0.15) is 136 Å². The van der Waals surface area contributed by atoms with E-state index in [4.69, 9.17) is 4.74 Å². The molecule has 1 unspecified atom stereocenters. The first kappa shape index (κ1) is 28.1. The average Bonchev–Trinajstić information content (AvgIpc) is 2.71. The summed E-state index contributed by atoms with van der Waals surface area (Å²) in [5.41, 5.74) is -1.18. The van der Waals surface area contributed by atoms with Gasteiger partial charge in [-0.2, -0.15) is 0 Å². The van der Waals surface area contributed by atoms with Gasteiger partial charge in [0.05, 0.1) is 0 Å². The lowest BCUT2D eigenvalue weighted by molar-refractivity contribution is -0.169. The van der Waals surface area contributed by atoms with Crippen molar-refractivity contribution in [3.63, 3.8) is 0 Å². The lowest BCUT2D eigenvalue weighted by Crippen LogP contribution is -2.51. The molecule has 0 spiro atoms. The number of likely N-dealkylation sites (N-methyl/N-ethyl adjacent to an activating group) is 1. The van der Waals surface area contributed by atoms with Crippen LogP contribution in [-0.4, -0.2) is 24.5 Å². The maximum absolute atomic E-state index is 12.5. The number of Topliss-reactive ketones (excluding diaryl/α,β-unsaturated/α-hetero) is 1. The first-order valence-electron chi connectivity index (χ1n) is 12.4. The minimum Gasteiger partial charge on any atom is -0.437 e. The fraction of sp³-hybridized carbons (Fsp3) is 0.920. The zero-order valence-corrected chi connectivity index (χ0v) is 20.0. The number of nitrogens with one attached hydrogen (secondary N) is 1. The van der Waals surface area contributed by atoms with Crippen molar-refractivity contribution in [1.82, 2.24) is 5.32 Å². The SMILES string of the molecule is CCCCCCCCCCCCCC(=O)OC(C)(NC)C(=O)CCCCCCC. The van der Waals surface area contributed by atoms with Crippen molar-refractivity contribution in [3.05, 3.63) is 0 Å². The Balaban J connectivity index is 3.81. The monoisotopic (exact) mass is 411 g/mol. The van der Waals surface area contributed by atoms with Crippen molar-refractivity contribution >= 4 is 11.8 Å². The van der Waals surface area contributed by atoms with E-state index >= 15 is 0 Å². The van der Waals surface area contributed by atoms with Crippen LogP contribution < -0.4 is 5.32 Å². The smallest absolute Gasteiger partial charge is 0.307 e. The van der Waals surface area contributed by atoms with Crippen molar-refractivity contribution in [3.8, 4) is 0 Å². The number of rotatable bonds is 21. The second-order valence-electron chi connectivity index (χ2n) is 8.63. The number of esters is 1. The third kappa shape index (κ3) is 15.6. The standard InChI is InChI=1S/C25H49NO3/c1-5-7-9-11-12-13-14-15-16-18-20-22-24(28)29-25(3,26-4)23(27)21-19-17-10-8-6-2/h26H,5-22H2,1-4H3. The average molecular weight is 412 g/mol. The van der Waals surface area contributed by atoms with Gasteiger partial charge in [0, 0.05) is 12.8 Å². The summed E-state index contributed by atoms with van der Waals surface area (Å²) in [6.45, 7) is 6.11. The van der Waals surface area contributed by atoms with Gasteiger partial charge in [-0.15, -0.1) is 0 Å². The summed E-state index contributed by atoms with van der Waals surface area (Å²) >= 11 is 0. The molecule has 1 atom stereocenters. The third-order valence-corrected chi connectivity index (χ3v) is 5.82. The molecule has 0 radical (unpaired) electrons. The van der Waals surface area contributed by atoms with E-state index in [0.29, 0.717) is 12.8 Å². The minimum absolute atomic E-state index is 0.0243. The summed E-state index contributed by atoms with van der Waals surface area (Å²) in [5.74, 6) is -0.291. The second-order valence-corrected chi connectivity index (χ2v) is 8.63. The summed E-state index contributed by atoms with van der Waals surface area (Å²) in [7, 11) is 1.69. The Morgan fingerprint density at radius 2 is 1.03 bits per heavy atom. The van der Waals surface area contributed by atoms with Crippen LogP contribution in [0, 0.1) is 0 Å². The highest BCUT2D eigenvalue weighted by Gasteiger charge is 2.34. The molecule has 1 N–H and O–H groups in total. The Kier molecular flexibility index (Phi) is 18.5. The molecule has 0 aliphatic carbocycles.